The molecule has 0 aromatic carbocycles. The molecule has 0 spiro atoms. The molecule has 1 aromatic heterocycles. The molecule has 7 nitrogen and oxygen atoms in total. The van der Waals surface area contributed by atoms with E-state index >= 15 is 0 Å². The summed E-state index contributed by atoms with van der Waals surface area (Å²) in [6, 6.07) is 0. The molecule has 1 N–H and O–H groups in total. The molecule has 0 unspecified atom stereocenters. The average Bonchev–Trinajstić information content (AvgIpc) is 2.83. The Morgan fingerprint density at radius 2 is 2.16 bits per heavy atom. The minimum Gasteiger partial charge on any atom is -0.481 e. The summed E-state index contributed by atoms with van der Waals surface area (Å²) >= 11 is 0. The highest BCUT2D eigenvalue weighted by molar-refractivity contribution is 5.86. The lowest BCUT2D eigenvalue weighted by Gasteiger charge is -2.15. The summed E-state index contributed by atoms with van der Waals surface area (Å²) in [5, 5.41) is 13.1. The molecule has 0 bridgehead atoms. The lowest BCUT2D eigenvalue weighted by atomic mass is 10.1. The third kappa shape index (κ3) is 3.10. The third-order valence-corrected chi connectivity index (χ3v) is 3.32. The summed E-state index contributed by atoms with van der Waals surface area (Å²) in [6.07, 6.45) is 0.874. The molecule has 104 valence electrons. The highest BCUT2D eigenvalue weighted by Gasteiger charge is 2.33. The van der Waals surface area contributed by atoms with Crippen molar-refractivity contribution in [2.45, 2.75) is 33.2 Å². The summed E-state index contributed by atoms with van der Waals surface area (Å²) in [7, 11) is 0. The lowest BCUT2D eigenvalue weighted by Crippen LogP contribution is -2.28. The van der Waals surface area contributed by atoms with Crippen LogP contribution in [0.15, 0.2) is 0 Å². The molecule has 1 aliphatic rings. The zero-order chi connectivity index (χ0) is 14.0. The number of carbonyl (C=O) groups is 2. The Bertz CT molecular complexity index is 497. The van der Waals surface area contributed by atoms with Crippen molar-refractivity contribution in [2.75, 3.05) is 13.1 Å². The number of hydrogen-bond donors (Lipinski definition) is 1. The van der Waals surface area contributed by atoms with Crippen LogP contribution in [0.5, 0.6) is 0 Å². The third-order valence-electron chi connectivity index (χ3n) is 3.32. The SMILES string of the molecule is Cc1nc(C)n(CCCN2C[C@H](C(=O)O)CC2=O)n1. The first-order chi connectivity index (χ1) is 8.97. The number of hydrogen-bond acceptors (Lipinski definition) is 4. The van der Waals surface area contributed by atoms with E-state index in [0.717, 1.165) is 18.1 Å². The summed E-state index contributed by atoms with van der Waals surface area (Å²) in [6.45, 7) is 5.31. The molecule has 1 saturated heterocycles. The van der Waals surface area contributed by atoms with Gasteiger partial charge in [-0.05, 0) is 20.3 Å². The summed E-state index contributed by atoms with van der Waals surface area (Å²) in [5.74, 6) is 0.0784. The van der Waals surface area contributed by atoms with E-state index in [1.807, 2.05) is 18.5 Å². The van der Waals surface area contributed by atoms with Gasteiger partial charge in [0.05, 0.1) is 5.92 Å². The van der Waals surface area contributed by atoms with Crippen LogP contribution in [0.1, 0.15) is 24.5 Å². The standard InChI is InChI=1S/C12H18N4O3/c1-8-13-9(2)16(14-8)5-3-4-15-7-10(12(18)19)6-11(15)17/h10H,3-7H2,1-2H3,(H,18,19)/t10-/m1/s1. The first kappa shape index (κ1) is 13.5. The minimum absolute atomic E-state index is 0.0705. The summed E-state index contributed by atoms with van der Waals surface area (Å²) in [5.41, 5.74) is 0. The van der Waals surface area contributed by atoms with Gasteiger partial charge in [0.1, 0.15) is 11.6 Å². The fourth-order valence-electron chi connectivity index (χ4n) is 2.34. The fraction of sp³-hybridized carbons (Fsp3) is 0.667. The second kappa shape index (κ2) is 5.38. The van der Waals surface area contributed by atoms with Gasteiger partial charge in [0.2, 0.25) is 5.91 Å². The van der Waals surface area contributed by atoms with Gasteiger partial charge in [-0.3, -0.25) is 14.3 Å². The van der Waals surface area contributed by atoms with Gasteiger partial charge in [-0.25, -0.2) is 4.98 Å². The average molecular weight is 266 g/mol. The van der Waals surface area contributed by atoms with E-state index in [1.54, 1.807) is 4.90 Å². The molecule has 0 radical (unpaired) electrons. The first-order valence-corrected chi connectivity index (χ1v) is 6.36. The van der Waals surface area contributed by atoms with E-state index in [1.165, 1.54) is 0 Å². The Morgan fingerprint density at radius 1 is 1.42 bits per heavy atom. The Kier molecular flexibility index (Phi) is 3.82. The van der Waals surface area contributed by atoms with E-state index in [4.69, 9.17) is 5.11 Å². The number of aryl methyl sites for hydroxylation is 3. The van der Waals surface area contributed by atoms with Gasteiger partial charge in [-0.2, -0.15) is 5.10 Å². The quantitative estimate of drug-likeness (QED) is 0.823. The van der Waals surface area contributed by atoms with Crippen LogP contribution < -0.4 is 0 Å². The van der Waals surface area contributed by atoms with Crippen molar-refractivity contribution in [1.29, 1.82) is 0 Å². The molecule has 7 heteroatoms. The lowest BCUT2D eigenvalue weighted by molar-refractivity contribution is -0.141. The van der Waals surface area contributed by atoms with Gasteiger partial charge < -0.3 is 10.0 Å². The Morgan fingerprint density at radius 3 is 2.68 bits per heavy atom. The van der Waals surface area contributed by atoms with Gasteiger partial charge in [0.25, 0.3) is 0 Å². The van der Waals surface area contributed by atoms with Crippen LogP contribution in [-0.4, -0.2) is 49.7 Å². The molecule has 19 heavy (non-hydrogen) atoms. The van der Waals surface area contributed by atoms with Crippen LogP contribution in [0.2, 0.25) is 0 Å². The number of carboxylic acids is 1. The molecule has 0 aliphatic carbocycles. The number of rotatable bonds is 5. The zero-order valence-corrected chi connectivity index (χ0v) is 11.2. The number of aliphatic carboxylic acids is 1. The first-order valence-electron chi connectivity index (χ1n) is 6.36. The molecule has 1 atom stereocenters. The number of nitrogens with zero attached hydrogens (tertiary/aromatic N) is 4. The molecule has 1 fully saturated rings. The second-order valence-corrected chi connectivity index (χ2v) is 4.86. The summed E-state index contributed by atoms with van der Waals surface area (Å²) < 4.78 is 1.81. The van der Waals surface area contributed by atoms with E-state index in [0.29, 0.717) is 19.6 Å². The molecule has 1 aliphatic heterocycles. The molecular weight excluding hydrogens is 248 g/mol. The Hall–Kier alpha value is -1.92. The van der Waals surface area contributed by atoms with Crippen molar-refractivity contribution in [3.63, 3.8) is 0 Å². The van der Waals surface area contributed by atoms with Gasteiger partial charge in [-0.1, -0.05) is 0 Å². The topological polar surface area (TPSA) is 88.3 Å². The molecular formula is C12H18N4O3. The molecule has 2 heterocycles. The Balaban J connectivity index is 1.82. The van der Waals surface area contributed by atoms with E-state index < -0.39 is 11.9 Å². The van der Waals surface area contributed by atoms with Crippen molar-refractivity contribution in [2.24, 2.45) is 5.92 Å². The van der Waals surface area contributed by atoms with E-state index in [-0.39, 0.29) is 12.3 Å². The highest BCUT2D eigenvalue weighted by Crippen LogP contribution is 2.18. The zero-order valence-electron chi connectivity index (χ0n) is 11.2. The molecule has 0 saturated carbocycles. The Labute approximate surface area is 111 Å². The van der Waals surface area contributed by atoms with Crippen LogP contribution in [-0.2, 0) is 16.1 Å². The van der Waals surface area contributed by atoms with Crippen molar-refractivity contribution in [3.05, 3.63) is 11.6 Å². The fourth-order valence-corrected chi connectivity index (χ4v) is 2.34. The molecule has 2 rings (SSSR count). The van der Waals surface area contributed by atoms with Gasteiger partial charge in [-0.15, -0.1) is 0 Å². The minimum atomic E-state index is -0.890. The van der Waals surface area contributed by atoms with Crippen LogP contribution in [0, 0.1) is 19.8 Å². The van der Waals surface area contributed by atoms with Crippen LogP contribution in [0.4, 0.5) is 0 Å². The highest BCUT2D eigenvalue weighted by atomic mass is 16.4. The predicted molar refractivity (Wildman–Crippen MR) is 66.4 cm³/mol. The maximum Gasteiger partial charge on any atom is 0.308 e. The number of likely N-dealkylation sites (tertiary alicyclic amines) is 1. The number of aromatic nitrogens is 3. The van der Waals surface area contributed by atoms with Crippen LogP contribution in [0.25, 0.3) is 0 Å². The normalized spacial score (nSPS) is 19.2. The predicted octanol–water partition coefficient (Wildman–Crippen LogP) is 0.218. The maximum absolute atomic E-state index is 11.6. The number of amides is 1. The molecule has 1 aromatic rings. The van der Waals surface area contributed by atoms with Crippen LogP contribution in [0.3, 0.4) is 0 Å². The van der Waals surface area contributed by atoms with Crippen molar-refractivity contribution >= 4 is 11.9 Å². The van der Waals surface area contributed by atoms with Gasteiger partial charge in [0.15, 0.2) is 0 Å². The van der Waals surface area contributed by atoms with Gasteiger partial charge >= 0.3 is 5.97 Å². The van der Waals surface area contributed by atoms with Crippen molar-refractivity contribution in [1.82, 2.24) is 19.7 Å². The largest absolute Gasteiger partial charge is 0.481 e. The summed E-state index contributed by atoms with van der Waals surface area (Å²) in [4.78, 5) is 28.3. The number of carbonyl (C=O) groups excluding carboxylic acids is 1. The van der Waals surface area contributed by atoms with Crippen LogP contribution >= 0.6 is 0 Å². The second-order valence-electron chi connectivity index (χ2n) is 4.86. The number of carboxylic acid groups (broad SMARTS) is 1. The monoisotopic (exact) mass is 266 g/mol. The van der Waals surface area contributed by atoms with E-state index in [9.17, 15) is 9.59 Å². The van der Waals surface area contributed by atoms with Crippen molar-refractivity contribution < 1.29 is 14.7 Å². The van der Waals surface area contributed by atoms with E-state index in [2.05, 4.69) is 10.1 Å². The van der Waals surface area contributed by atoms with Gasteiger partial charge in [0, 0.05) is 26.1 Å². The van der Waals surface area contributed by atoms with Crippen molar-refractivity contribution in [3.8, 4) is 0 Å². The smallest absolute Gasteiger partial charge is 0.308 e. The maximum atomic E-state index is 11.6. The molecule has 1 amide bonds.